The first-order valence-electron chi connectivity index (χ1n) is 11.2. The molecule has 0 saturated carbocycles. The third-order valence-electron chi connectivity index (χ3n) is 5.81. The van der Waals surface area contributed by atoms with Crippen molar-refractivity contribution in [1.82, 2.24) is 4.40 Å². The van der Waals surface area contributed by atoms with E-state index in [1.165, 1.54) is 30.3 Å². The van der Waals surface area contributed by atoms with Crippen molar-refractivity contribution in [3.05, 3.63) is 124 Å². The highest BCUT2D eigenvalue weighted by molar-refractivity contribution is 5.62. The van der Waals surface area contributed by atoms with Crippen LogP contribution in [0.5, 0.6) is 17.4 Å². The molecule has 186 valence electrons. The van der Waals surface area contributed by atoms with E-state index >= 15 is 0 Å². The Labute approximate surface area is 208 Å². The molecule has 5 aromatic rings. The highest BCUT2D eigenvalue weighted by Gasteiger charge is 2.44. The summed E-state index contributed by atoms with van der Waals surface area (Å²) in [7, 11) is 0. The molecule has 0 fully saturated rings. The van der Waals surface area contributed by atoms with E-state index in [1.807, 2.05) is 0 Å². The van der Waals surface area contributed by atoms with Crippen molar-refractivity contribution in [2.45, 2.75) is 12.7 Å². The van der Waals surface area contributed by atoms with Gasteiger partial charge >= 0.3 is 17.6 Å². The van der Waals surface area contributed by atoms with Crippen LogP contribution >= 0.6 is 0 Å². The molecule has 37 heavy (non-hydrogen) atoms. The minimum absolute atomic E-state index is 0.0866. The maximum absolute atomic E-state index is 13.9. The van der Waals surface area contributed by atoms with Gasteiger partial charge in [-0.05, 0) is 54.1 Å². The fourth-order valence-electron chi connectivity index (χ4n) is 4.10. The second-order valence-electron chi connectivity index (χ2n) is 8.26. The zero-order valence-electron chi connectivity index (χ0n) is 19.1. The predicted octanol–water partition coefficient (Wildman–Crippen LogP) is 5.96. The van der Waals surface area contributed by atoms with Crippen LogP contribution in [-0.2, 0) is 12.7 Å². The van der Waals surface area contributed by atoms with Gasteiger partial charge in [-0.1, -0.05) is 42.5 Å². The highest BCUT2D eigenvalue weighted by atomic mass is 19.4. The predicted molar refractivity (Wildman–Crippen MR) is 128 cm³/mol. The lowest BCUT2D eigenvalue weighted by Crippen LogP contribution is -2.44. The molecule has 0 bridgehead atoms. The molecule has 3 aromatic carbocycles. The lowest BCUT2D eigenvalue weighted by Gasteiger charge is -2.14. The van der Waals surface area contributed by atoms with Gasteiger partial charge in [0.15, 0.2) is 0 Å². The van der Waals surface area contributed by atoms with Crippen LogP contribution in [-0.4, -0.2) is 9.51 Å². The quantitative estimate of drug-likeness (QED) is 0.236. The van der Waals surface area contributed by atoms with E-state index in [-0.39, 0.29) is 17.9 Å². The SMILES string of the molecule is O=c1c(C(F)(F)F)c(O)[n+](Cc2ccc(Oc3ccc(F)cc3)cc2)c2cccc(-c3ccccc3)n12. The Morgan fingerprint density at radius 1 is 0.811 bits per heavy atom. The Kier molecular flexibility index (Phi) is 6.12. The molecular weight excluding hydrogens is 488 g/mol. The molecule has 1 N–H and O–H groups in total. The molecule has 2 heterocycles. The van der Waals surface area contributed by atoms with Crippen LogP contribution < -0.4 is 14.9 Å². The number of pyridine rings is 1. The zero-order chi connectivity index (χ0) is 26.2. The highest BCUT2D eigenvalue weighted by Crippen LogP contribution is 2.32. The molecule has 0 aliphatic heterocycles. The minimum Gasteiger partial charge on any atom is -0.477 e. The van der Waals surface area contributed by atoms with Crippen molar-refractivity contribution < 1.29 is 32.0 Å². The average molecular weight is 507 g/mol. The third-order valence-corrected chi connectivity index (χ3v) is 5.81. The van der Waals surface area contributed by atoms with Crippen LogP contribution in [0.15, 0.2) is 102 Å². The molecule has 0 amide bonds. The number of rotatable bonds is 5. The maximum Gasteiger partial charge on any atom is 0.431 e. The van der Waals surface area contributed by atoms with Gasteiger partial charge in [0.05, 0.1) is 0 Å². The molecule has 0 spiro atoms. The van der Waals surface area contributed by atoms with E-state index in [1.54, 1.807) is 66.7 Å². The Balaban J connectivity index is 1.60. The van der Waals surface area contributed by atoms with Gasteiger partial charge in [0, 0.05) is 11.6 Å². The Hall–Kier alpha value is -4.66. The van der Waals surface area contributed by atoms with Crippen LogP contribution in [0.1, 0.15) is 11.1 Å². The number of aromatic nitrogens is 2. The number of nitrogens with zero attached hydrogens (tertiary/aromatic N) is 2. The summed E-state index contributed by atoms with van der Waals surface area (Å²) < 4.78 is 62.6. The summed E-state index contributed by atoms with van der Waals surface area (Å²) in [5, 5.41) is 10.7. The topological polar surface area (TPSA) is 54.8 Å². The molecule has 0 aliphatic carbocycles. The van der Waals surface area contributed by atoms with E-state index in [4.69, 9.17) is 4.74 Å². The number of aromatic hydroxyl groups is 1. The van der Waals surface area contributed by atoms with Gasteiger partial charge in [0.25, 0.3) is 5.65 Å². The van der Waals surface area contributed by atoms with E-state index in [0.717, 1.165) is 8.97 Å². The number of fused-ring (bicyclic) bond motifs is 1. The number of ether oxygens (including phenoxy) is 1. The van der Waals surface area contributed by atoms with E-state index < -0.39 is 29.0 Å². The molecule has 5 nitrogen and oxygen atoms in total. The van der Waals surface area contributed by atoms with Gasteiger partial charge in [-0.15, -0.1) is 0 Å². The monoisotopic (exact) mass is 507 g/mol. The molecule has 2 aromatic heterocycles. The lowest BCUT2D eigenvalue weighted by molar-refractivity contribution is -0.673. The summed E-state index contributed by atoms with van der Waals surface area (Å²) in [5.41, 5.74) is -1.58. The van der Waals surface area contributed by atoms with Crippen LogP contribution in [0.4, 0.5) is 17.6 Å². The van der Waals surface area contributed by atoms with Crippen molar-refractivity contribution >= 4 is 5.65 Å². The normalized spacial score (nSPS) is 11.6. The van der Waals surface area contributed by atoms with Crippen LogP contribution in [0, 0.1) is 5.82 Å². The molecule has 0 saturated heterocycles. The fraction of sp³-hybridized carbons (Fsp3) is 0.0714. The second-order valence-corrected chi connectivity index (χ2v) is 8.26. The Bertz CT molecular complexity index is 1630. The minimum atomic E-state index is -5.08. The van der Waals surface area contributed by atoms with Crippen molar-refractivity contribution in [1.29, 1.82) is 0 Å². The van der Waals surface area contributed by atoms with Crippen molar-refractivity contribution in [3.8, 4) is 28.6 Å². The van der Waals surface area contributed by atoms with Gasteiger partial charge in [0.1, 0.15) is 29.6 Å². The Morgan fingerprint density at radius 2 is 1.43 bits per heavy atom. The van der Waals surface area contributed by atoms with E-state index in [2.05, 4.69) is 0 Å². The van der Waals surface area contributed by atoms with Crippen LogP contribution in [0.2, 0.25) is 0 Å². The molecule has 0 radical (unpaired) electrons. The number of hydrogen-bond acceptors (Lipinski definition) is 3. The van der Waals surface area contributed by atoms with Crippen LogP contribution in [0.3, 0.4) is 0 Å². The second kappa shape index (κ2) is 9.42. The maximum atomic E-state index is 13.9. The lowest BCUT2D eigenvalue weighted by atomic mass is 10.1. The molecule has 0 aliphatic rings. The van der Waals surface area contributed by atoms with Crippen molar-refractivity contribution in [3.63, 3.8) is 0 Å². The van der Waals surface area contributed by atoms with Crippen LogP contribution in [0.25, 0.3) is 16.9 Å². The fourth-order valence-corrected chi connectivity index (χ4v) is 4.10. The number of alkyl halides is 3. The molecule has 5 rings (SSSR count). The first-order valence-corrected chi connectivity index (χ1v) is 11.2. The first-order chi connectivity index (χ1) is 17.7. The summed E-state index contributed by atoms with van der Waals surface area (Å²) >= 11 is 0. The average Bonchev–Trinajstić information content (AvgIpc) is 2.88. The van der Waals surface area contributed by atoms with Crippen molar-refractivity contribution in [2.24, 2.45) is 0 Å². The number of halogens is 4. The number of hydrogen-bond donors (Lipinski definition) is 1. The first kappa shape index (κ1) is 24.1. The van der Waals surface area contributed by atoms with Gasteiger partial charge in [-0.25, -0.2) is 9.18 Å². The molecular formula is C28H19F4N2O3+. The van der Waals surface area contributed by atoms with Crippen molar-refractivity contribution in [2.75, 3.05) is 0 Å². The van der Waals surface area contributed by atoms with Gasteiger partial charge in [-0.2, -0.15) is 22.1 Å². The molecule has 0 unspecified atom stereocenters. The van der Waals surface area contributed by atoms with Gasteiger partial charge in [0.2, 0.25) is 5.56 Å². The number of benzene rings is 3. The summed E-state index contributed by atoms with van der Waals surface area (Å²) in [5.74, 6) is -0.726. The summed E-state index contributed by atoms with van der Waals surface area (Å²) in [4.78, 5) is 13.1. The van der Waals surface area contributed by atoms with E-state index in [0.29, 0.717) is 22.6 Å². The summed E-state index contributed by atoms with van der Waals surface area (Å²) in [6, 6.07) is 25.1. The Morgan fingerprint density at radius 3 is 2.05 bits per heavy atom. The third kappa shape index (κ3) is 4.75. The zero-order valence-corrected chi connectivity index (χ0v) is 19.1. The van der Waals surface area contributed by atoms with Gasteiger partial charge in [-0.3, -0.25) is 0 Å². The largest absolute Gasteiger partial charge is 0.477 e. The van der Waals surface area contributed by atoms with E-state index in [9.17, 15) is 27.5 Å². The summed E-state index contributed by atoms with van der Waals surface area (Å²) in [6.07, 6.45) is -5.08. The summed E-state index contributed by atoms with van der Waals surface area (Å²) in [6.45, 7) is -0.159. The smallest absolute Gasteiger partial charge is 0.431 e. The molecule has 0 atom stereocenters. The molecule has 9 heteroatoms. The standard InChI is InChI=1S/C28H18F4N2O3/c29-20-11-15-22(16-12-20)37-21-13-9-18(10-14-21)17-33-24-8-4-7-23(19-5-2-1-3-6-19)34(24)27(36)25(26(33)35)28(30,31)32/h1-16H,17H2/p+1. The van der Waals surface area contributed by atoms with Gasteiger partial charge < -0.3 is 9.84 Å².